The van der Waals surface area contributed by atoms with E-state index in [4.69, 9.17) is 9.05 Å². The summed E-state index contributed by atoms with van der Waals surface area (Å²) in [5.41, 5.74) is 0. The number of unbranched alkanes of at least 4 members (excludes halogenated alkanes) is 24. The molecule has 0 saturated carbocycles. The van der Waals surface area contributed by atoms with Crippen LogP contribution in [0.5, 0.6) is 0 Å². The second-order valence-electron chi connectivity index (χ2n) is 16.0. The van der Waals surface area contributed by atoms with Crippen LogP contribution in [0, 0.1) is 0 Å². The summed E-state index contributed by atoms with van der Waals surface area (Å²) >= 11 is 0. The molecule has 0 radical (unpaired) electrons. The minimum atomic E-state index is -4.58. The molecule has 8 nitrogen and oxygen atoms in total. The summed E-state index contributed by atoms with van der Waals surface area (Å²) < 4.78 is 23.1. The van der Waals surface area contributed by atoms with Crippen LogP contribution in [0.2, 0.25) is 0 Å². The smallest absolute Gasteiger partial charge is 0.268 e. The number of hydrogen-bond acceptors (Lipinski definition) is 6. The molecule has 3 unspecified atom stereocenters. The Morgan fingerprint density at radius 2 is 1.08 bits per heavy atom. The molecule has 3 atom stereocenters. The molecule has 308 valence electrons. The van der Waals surface area contributed by atoms with Crippen LogP contribution in [-0.4, -0.2) is 68.5 Å². The number of rotatable bonds is 39. The normalized spacial score (nSPS) is 14.7. The van der Waals surface area contributed by atoms with E-state index in [1.807, 2.05) is 27.2 Å². The number of amides is 1. The Morgan fingerprint density at radius 3 is 1.56 bits per heavy atom. The topological polar surface area (TPSA) is 108 Å². The van der Waals surface area contributed by atoms with Crippen molar-refractivity contribution < 1.29 is 32.9 Å². The van der Waals surface area contributed by atoms with Crippen LogP contribution in [0.1, 0.15) is 194 Å². The fourth-order valence-electron chi connectivity index (χ4n) is 6.13. The van der Waals surface area contributed by atoms with Gasteiger partial charge in [-0.1, -0.05) is 173 Å². The number of nitrogens with zero attached hydrogens (tertiary/aromatic N) is 1. The number of likely N-dealkylation sites (N-methyl/N-ethyl adjacent to an activating group) is 1. The van der Waals surface area contributed by atoms with E-state index in [2.05, 4.69) is 31.3 Å². The number of quaternary nitrogens is 1. The fourth-order valence-corrected chi connectivity index (χ4v) is 6.86. The van der Waals surface area contributed by atoms with Crippen molar-refractivity contribution in [2.24, 2.45) is 0 Å². The standard InChI is InChI=1S/C43H85N2O6P/c1-6-8-10-12-14-16-18-19-20-21-22-23-24-25-26-27-28-30-32-34-36-42(46)41(40-51-52(48,49)50-39-38-45(3,4)5)44-43(47)37-35-33-31-29-17-15-13-11-9-7-2/h13,15,34,36,41-42,46H,6-12,14,16-33,35,37-40H2,1-5H3,(H-,44,47,48,49)/b15-13-,36-34+. The summed E-state index contributed by atoms with van der Waals surface area (Å²) in [5, 5.41) is 13.7. The van der Waals surface area contributed by atoms with Crippen LogP contribution < -0.4 is 10.2 Å². The quantitative estimate of drug-likeness (QED) is 0.0280. The molecule has 0 aromatic carbocycles. The van der Waals surface area contributed by atoms with E-state index in [0.29, 0.717) is 17.4 Å². The van der Waals surface area contributed by atoms with Gasteiger partial charge in [0.25, 0.3) is 7.82 Å². The minimum absolute atomic E-state index is 0.00229. The zero-order valence-electron chi connectivity index (χ0n) is 34.8. The highest BCUT2D eigenvalue weighted by molar-refractivity contribution is 7.45. The Bertz CT molecular complexity index is 907. The van der Waals surface area contributed by atoms with Crippen molar-refractivity contribution in [3.63, 3.8) is 0 Å². The van der Waals surface area contributed by atoms with E-state index < -0.39 is 20.0 Å². The Labute approximate surface area is 322 Å². The van der Waals surface area contributed by atoms with Crippen LogP contribution in [0.4, 0.5) is 0 Å². The fraction of sp³-hybridized carbons (Fsp3) is 0.884. The van der Waals surface area contributed by atoms with E-state index >= 15 is 0 Å². The van der Waals surface area contributed by atoms with Gasteiger partial charge in [-0.15, -0.1) is 0 Å². The highest BCUT2D eigenvalue weighted by atomic mass is 31.2. The van der Waals surface area contributed by atoms with Gasteiger partial charge in [-0.05, 0) is 38.5 Å². The number of aliphatic hydroxyl groups excluding tert-OH is 1. The third-order valence-corrected chi connectivity index (χ3v) is 10.6. The van der Waals surface area contributed by atoms with Gasteiger partial charge in [0.1, 0.15) is 13.2 Å². The maximum atomic E-state index is 12.8. The zero-order chi connectivity index (χ0) is 38.6. The Hall–Kier alpha value is -1.02. The lowest BCUT2D eigenvalue weighted by Crippen LogP contribution is -2.45. The number of phosphoric acid groups is 1. The lowest BCUT2D eigenvalue weighted by Gasteiger charge is -2.29. The lowest BCUT2D eigenvalue weighted by atomic mass is 10.0. The number of allylic oxidation sites excluding steroid dienone is 3. The molecule has 0 heterocycles. The predicted octanol–water partition coefficient (Wildman–Crippen LogP) is 11.1. The van der Waals surface area contributed by atoms with Gasteiger partial charge in [0, 0.05) is 6.42 Å². The van der Waals surface area contributed by atoms with Gasteiger partial charge in [0.2, 0.25) is 5.91 Å². The van der Waals surface area contributed by atoms with Crippen LogP contribution >= 0.6 is 7.82 Å². The largest absolute Gasteiger partial charge is 0.756 e. The van der Waals surface area contributed by atoms with E-state index in [0.717, 1.165) is 57.8 Å². The molecule has 0 aromatic heterocycles. The molecule has 0 rings (SSSR count). The SMILES string of the molecule is CCCC/C=C\CCCCCCC(=O)NC(COP(=O)([O-])OCC[N+](C)(C)C)C(O)/C=C/CCCCCCCCCCCCCCCCCCCC. The first-order valence-corrected chi connectivity index (χ1v) is 23.2. The lowest BCUT2D eigenvalue weighted by molar-refractivity contribution is -0.870. The third kappa shape index (κ3) is 37.3. The highest BCUT2D eigenvalue weighted by Crippen LogP contribution is 2.38. The number of aliphatic hydroxyl groups is 1. The molecule has 9 heteroatoms. The molecule has 1 amide bonds. The molecule has 52 heavy (non-hydrogen) atoms. The molecule has 0 fully saturated rings. The molecule has 0 bridgehead atoms. The molecule has 0 aliphatic rings. The maximum Gasteiger partial charge on any atom is 0.268 e. The van der Waals surface area contributed by atoms with Gasteiger partial charge in [0.05, 0.1) is 39.9 Å². The molecule has 0 aromatic rings. The maximum absolute atomic E-state index is 12.8. The van der Waals surface area contributed by atoms with Crippen molar-refractivity contribution in [3.8, 4) is 0 Å². The summed E-state index contributed by atoms with van der Waals surface area (Å²) in [5.74, 6) is -0.212. The summed E-state index contributed by atoms with van der Waals surface area (Å²) in [4.78, 5) is 25.2. The number of nitrogens with one attached hydrogen (secondary N) is 1. The second-order valence-corrected chi connectivity index (χ2v) is 17.5. The van der Waals surface area contributed by atoms with Crippen molar-refractivity contribution in [3.05, 3.63) is 24.3 Å². The molecule has 0 aliphatic heterocycles. The predicted molar refractivity (Wildman–Crippen MR) is 219 cm³/mol. The van der Waals surface area contributed by atoms with Gasteiger partial charge in [0.15, 0.2) is 0 Å². The van der Waals surface area contributed by atoms with Gasteiger partial charge in [-0.25, -0.2) is 0 Å². The van der Waals surface area contributed by atoms with Crippen LogP contribution in [0.15, 0.2) is 24.3 Å². The Balaban J connectivity index is 4.36. The number of hydrogen-bond donors (Lipinski definition) is 2. The van der Waals surface area contributed by atoms with Crippen LogP contribution in [0.25, 0.3) is 0 Å². The monoisotopic (exact) mass is 757 g/mol. The van der Waals surface area contributed by atoms with E-state index in [1.165, 1.54) is 116 Å². The first kappa shape index (κ1) is 51.0. The molecule has 0 aliphatic carbocycles. The zero-order valence-corrected chi connectivity index (χ0v) is 35.7. The summed E-state index contributed by atoms with van der Waals surface area (Å²) in [6.45, 7) is 4.59. The summed E-state index contributed by atoms with van der Waals surface area (Å²) in [6.07, 6.45) is 40.9. The molecular weight excluding hydrogens is 671 g/mol. The van der Waals surface area contributed by atoms with Crippen LogP contribution in [0.3, 0.4) is 0 Å². The van der Waals surface area contributed by atoms with E-state index in [1.54, 1.807) is 6.08 Å². The van der Waals surface area contributed by atoms with Gasteiger partial charge in [-0.3, -0.25) is 9.36 Å². The van der Waals surface area contributed by atoms with Crippen molar-refractivity contribution >= 4 is 13.7 Å². The van der Waals surface area contributed by atoms with Crippen molar-refractivity contribution in [2.75, 3.05) is 40.9 Å². The third-order valence-electron chi connectivity index (χ3n) is 9.66. The first-order chi connectivity index (χ1) is 25.0. The highest BCUT2D eigenvalue weighted by Gasteiger charge is 2.23. The van der Waals surface area contributed by atoms with Gasteiger partial charge < -0.3 is 28.8 Å². The van der Waals surface area contributed by atoms with Crippen molar-refractivity contribution in [1.29, 1.82) is 0 Å². The number of phosphoric ester groups is 1. The van der Waals surface area contributed by atoms with Crippen molar-refractivity contribution in [2.45, 2.75) is 206 Å². The van der Waals surface area contributed by atoms with Crippen molar-refractivity contribution in [1.82, 2.24) is 5.32 Å². The van der Waals surface area contributed by atoms with Gasteiger partial charge in [-0.2, -0.15) is 0 Å². The Kier molecular flexibility index (Phi) is 35.0. The summed E-state index contributed by atoms with van der Waals surface area (Å²) in [6, 6.07) is -0.887. The number of carbonyl (C=O) groups excluding carboxylic acids is 1. The molecule has 0 saturated heterocycles. The average molecular weight is 757 g/mol. The first-order valence-electron chi connectivity index (χ1n) is 21.7. The molecule has 0 spiro atoms. The minimum Gasteiger partial charge on any atom is -0.756 e. The van der Waals surface area contributed by atoms with E-state index in [9.17, 15) is 19.4 Å². The van der Waals surface area contributed by atoms with Crippen LogP contribution in [-0.2, 0) is 18.4 Å². The Morgan fingerprint density at radius 1 is 0.654 bits per heavy atom. The second kappa shape index (κ2) is 35.7. The average Bonchev–Trinajstić information content (AvgIpc) is 3.09. The summed E-state index contributed by atoms with van der Waals surface area (Å²) in [7, 11) is 1.25. The molecular formula is C43H85N2O6P. The van der Waals surface area contributed by atoms with E-state index in [-0.39, 0.29) is 19.1 Å². The molecule has 2 N–H and O–H groups in total. The number of carbonyl (C=O) groups is 1. The van der Waals surface area contributed by atoms with Gasteiger partial charge >= 0.3 is 0 Å².